The summed E-state index contributed by atoms with van der Waals surface area (Å²) in [5.41, 5.74) is 2.45. The molecule has 22 heavy (non-hydrogen) atoms. The molecule has 2 heterocycles. The summed E-state index contributed by atoms with van der Waals surface area (Å²) in [6, 6.07) is 12.6. The van der Waals surface area contributed by atoms with Gasteiger partial charge in [0.2, 0.25) is 5.91 Å². The van der Waals surface area contributed by atoms with Crippen LogP contribution in [0.3, 0.4) is 0 Å². The van der Waals surface area contributed by atoms with Crippen LogP contribution in [-0.4, -0.2) is 28.5 Å². The molecule has 2 aromatic rings. The minimum absolute atomic E-state index is 0.0873. The Balaban J connectivity index is 1.81. The highest BCUT2D eigenvalue weighted by Crippen LogP contribution is 2.25. The SMILES string of the molecule is Cc1cccc([C@@H](CC(=O)N2CCCCC2)n2cccc2)c1. The average molecular weight is 296 g/mol. The predicted octanol–water partition coefficient (Wildman–Crippen LogP) is 3.79. The highest BCUT2D eigenvalue weighted by atomic mass is 16.2. The first-order valence-electron chi connectivity index (χ1n) is 8.21. The number of hydrogen-bond donors (Lipinski definition) is 0. The second kappa shape index (κ2) is 6.82. The summed E-state index contributed by atoms with van der Waals surface area (Å²) in [4.78, 5) is 14.7. The fourth-order valence-corrected chi connectivity index (χ4v) is 3.27. The fraction of sp³-hybridized carbons (Fsp3) is 0.421. The molecular weight excluding hydrogens is 272 g/mol. The number of nitrogens with zero attached hydrogens (tertiary/aromatic N) is 2. The quantitative estimate of drug-likeness (QED) is 0.842. The third-order valence-electron chi connectivity index (χ3n) is 4.49. The Morgan fingerprint density at radius 3 is 2.50 bits per heavy atom. The Bertz CT molecular complexity index is 612. The molecule has 1 fully saturated rings. The number of aryl methyl sites for hydroxylation is 1. The number of aromatic nitrogens is 1. The van der Waals surface area contributed by atoms with E-state index in [1.807, 2.05) is 17.0 Å². The lowest BCUT2D eigenvalue weighted by Crippen LogP contribution is -2.36. The highest BCUT2D eigenvalue weighted by Gasteiger charge is 2.22. The van der Waals surface area contributed by atoms with Gasteiger partial charge >= 0.3 is 0 Å². The highest BCUT2D eigenvalue weighted by molar-refractivity contribution is 5.77. The average Bonchev–Trinajstić information content (AvgIpc) is 3.07. The van der Waals surface area contributed by atoms with Crippen LogP contribution < -0.4 is 0 Å². The largest absolute Gasteiger partial charge is 0.346 e. The lowest BCUT2D eigenvalue weighted by atomic mass is 10.00. The molecule has 1 aliphatic heterocycles. The summed E-state index contributed by atoms with van der Waals surface area (Å²) in [5, 5.41) is 0. The van der Waals surface area contributed by atoms with Crippen LogP contribution in [0.4, 0.5) is 0 Å². The van der Waals surface area contributed by atoms with Gasteiger partial charge in [0.15, 0.2) is 0 Å². The van der Waals surface area contributed by atoms with Crippen molar-refractivity contribution in [2.45, 2.75) is 38.6 Å². The van der Waals surface area contributed by atoms with Gasteiger partial charge in [0.1, 0.15) is 0 Å². The van der Waals surface area contributed by atoms with Gasteiger partial charge in [-0.15, -0.1) is 0 Å². The van der Waals surface area contributed by atoms with E-state index >= 15 is 0 Å². The monoisotopic (exact) mass is 296 g/mol. The zero-order valence-electron chi connectivity index (χ0n) is 13.2. The second-order valence-electron chi connectivity index (χ2n) is 6.21. The maximum atomic E-state index is 12.7. The molecule has 0 unspecified atom stereocenters. The van der Waals surface area contributed by atoms with E-state index in [1.54, 1.807) is 0 Å². The minimum atomic E-state index is 0.0873. The van der Waals surface area contributed by atoms with Crippen LogP contribution in [0.5, 0.6) is 0 Å². The molecule has 0 aliphatic carbocycles. The summed E-state index contributed by atoms with van der Waals surface area (Å²) >= 11 is 0. The van der Waals surface area contributed by atoms with E-state index in [9.17, 15) is 4.79 Å². The molecule has 3 nitrogen and oxygen atoms in total. The summed E-state index contributed by atoms with van der Waals surface area (Å²) in [6.07, 6.45) is 8.18. The molecule has 0 spiro atoms. The molecule has 1 amide bonds. The van der Waals surface area contributed by atoms with Crippen molar-refractivity contribution in [2.24, 2.45) is 0 Å². The van der Waals surface area contributed by atoms with Crippen molar-refractivity contribution in [3.05, 3.63) is 59.9 Å². The topological polar surface area (TPSA) is 25.2 Å². The molecule has 0 N–H and O–H groups in total. The van der Waals surface area contributed by atoms with Gasteiger partial charge in [0, 0.05) is 25.5 Å². The molecule has 1 atom stereocenters. The van der Waals surface area contributed by atoms with Crippen molar-refractivity contribution in [1.82, 2.24) is 9.47 Å². The maximum Gasteiger partial charge on any atom is 0.225 e. The van der Waals surface area contributed by atoms with Crippen LogP contribution in [0, 0.1) is 6.92 Å². The standard InChI is InChI=1S/C19H24N2O/c1-16-8-7-9-17(14-16)18(20-10-5-6-11-20)15-19(22)21-12-3-2-4-13-21/h5-11,14,18H,2-4,12-13,15H2,1H3/t18-/m1/s1. The van der Waals surface area contributed by atoms with E-state index in [4.69, 9.17) is 0 Å². The van der Waals surface area contributed by atoms with Crippen molar-refractivity contribution in [3.8, 4) is 0 Å². The van der Waals surface area contributed by atoms with Gasteiger partial charge in [-0.3, -0.25) is 4.79 Å². The Morgan fingerprint density at radius 2 is 1.82 bits per heavy atom. The molecule has 1 saturated heterocycles. The van der Waals surface area contributed by atoms with Crippen LogP contribution >= 0.6 is 0 Å². The van der Waals surface area contributed by atoms with Gasteiger partial charge in [0.05, 0.1) is 12.5 Å². The summed E-state index contributed by atoms with van der Waals surface area (Å²) in [5.74, 6) is 0.278. The minimum Gasteiger partial charge on any atom is -0.346 e. The van der Waals surface area contributed by atoms with Crippen LogP contribution in [0.25, 0.3) is 0 Å². The smallest absolute Gasteiger partial charge is 0.225 e. The van der Waals surface area contributed by atoms with Gasteiger partial charge in [-0.1, -0.05) is 29.8 Å². The summed E-state index contributed by atoms with van der Waals surface area (Å²) in [6.45, 7) is 3.94. The maximum absolute atomic E-state index is 12.7. The lowest BCUT2D eigenvalue weighted by Gasteiger charge is -2.29. The van der Waals surface area contributed by atoms with Gasteiger partial charge < -0.3 is 9.47 Å². The van der Waals surface area contributed by atoms with Crippen molar-refractivity contribution in [1.29, 1.82) is 0 Å². The Hall–Kier alpha value is -2.03. The molecular formula is C19H24N2O. The number of amides is 1. The lowest BCUT2D eigenvalue weighted by molar-refractivity contribution is -0.132. The number of likely N-dealkylation sites (tertiary alicyclic amines) is 1. The fourth-order valence-electron chi connectivity index (χ4n) is 3.27. The molecule has 0 bridgehead atoms. The molecule has 3 heteroatoms. The number of carbonyl (C=O) groups excluding carboxylic acids is 1. The van der Waals surface area contributed by atoms with E-state index in [0.29, 0.717) is 6.42 Å². The van der Waals surface area contributed by atoms with E-state index in [2.05, 4.69) is 48.1 Å². The van der Waals surface area contributed by atoms with Crippen LogP contribution in [0.1, 0.15) is 42.9 Å². The summed E-state index contributed by atoms with van der Waals surface area (Å²) in [7, 11) is 0. The van der Waals surface area contributed by atoms with Gasteiger partial charge in [-0.2, -0.15) is 0 Å². The Morgan fingerprint density at radius 1 is 1.09 bits per heavy atom. The molecule has 0 saturated carbocycles. The van der Waals surface area contributed by atoms with Crippen molar-refractivity contribution < 1.29 is 4.79 Å². The van der Waals surface area contributed by atoms with E-state index in [1.165, 1.54) is 17.5 Å². The Kier molecular flexibility index (Phi) is 4.62. The number of hydrogen-bond acceptors (Lipinski definition) is 1. The molecule has 1 aromatic heterocycles. The van der Waals surface area contributed by atoms with Crippen LogP contribution in [0.2, 0.25) is 0 Å². The van der Waals surface area contributed by atoms with E-state index in [-0.39, 0.29) is 11.9 Å². The zero-order chi connectivity index (χ0) is 15.4. The van der Waals surface area contributed by atoms with Crippen molar-refractivity contribution in [3.63, 3.8) is 0 Å². The molecule has 3 rings (SSSR count). The number of piperidine rings is 1. The van der Waals surface area contributed by atoms with Crippen molar-refractivity contribution >= 4 is 5.91 Å². The van der Waals surface area contributed by atoms with E-state index < -0.39 is 0 Å². The van der Waals surface area contributed by atoms with Gasteiger partial charge in [-0.25, -0.2) is 0 Å². The third-order valence-corrected chi connectivity index (χ3v) is 4.49. The molecule has 116 valence electrons. The first-order valence-corrected chi connectivity index (χ1v) is 8.21. The number of benzene rings is 1. The Labute approximate surface area is 132 Å². The second-order valence-corrected chi connectivity index (χ2v) is 6.21. The number of carbonyl (C=O) groups is 1. The molecule has 1 aromatic carbocycles. The first-order chi connectivity index (χ1) is 10.7. The van der Waals surface area contributed by atoms with Crippen molar-refractivity contribution in [2.75, 3.05) is 13.1 Å². The third kappa shape index (κ3) is 3.41. The normalized spacial score (nSPS) is 16.5. The predicted molar refractivity (Wildman–Crippen MR) is 88.8 cm³/mol. The summed E-state index contributed by atoms with van der Waals surface area (Å²) < 4.78 is 2.15. The van der Waals surface area contributed by atoms with Gasteiger partial charge in [0.25, 0.3) is 0 Å². The number of rotatable bonds is 4. The zero-order valence-corrected chi connectivity index (χ0v) is 13.2. The molecule has 1 aliphatic rings. The molecule has 0 radical (unpaired) electrons. The van der Waals surface area contributed by atoms with E-state index in [0.717, 1.165) is 25.9 Å². The first kappa shape index (κ1) is 14.9. The van der Waals surface area contributed by atoms with Crippen LogP contribution in [-0.2, 0) is 4.79 Å². The van der Waals surface area contributed by atoms with Gasteiger partial charge in [-0.05, 0) is 43.9 Å². The van der Waals surface area contributed by atoms with Crippen LogP contribution in [0.15, 0.2) is 48.8 Å².